The van der Waals surface area contributed by atoms with Crippen LogP contribution in [0.2, 0.25) is 0 Å². The van der Waals surface area contributed by atoms with Gasteiger partial charge in [0.15, 0.2) is 5.69 Å². The summed E-state index contributed by atoms with van der Waals surface area (Å²) in [7, 11) is 1.26. The molecule has 3 rings (SSSR count). The molecule has 1 amide bonds. The zero-order valence-corrected chi connectivity index (χ0v) is 14.1. The first kappa shape index (κ1) is 17.3. The summed E-state index contributed by atoms with van der Waals surface area (Å²) in [6, 6.07) is 15.1. The average Bonchev–Trinajstić information content (AvgIpc) is 2.67. The molecule has 0 aliphatic carbocycles. The van der Waals surface area contributed by atoms with Gasteiger partial charge in [-0.05, 0) is 11.6 Å². The van der Waals surface area contributed by atoms with Crippen molar-refractivity contribution in [2.24, 2.45) is 0 Å². The Balaban J connectivity index is 1.84. The first-order chi connectivity index (χ1) is 12.6. The summed E-state index contributed by atoms with van der Waals surface area (Å²) in [4.78, 5) is 28.8. The van der Waals surface area contributed by atoms with E-state index in [9.17, 15) is 14.8 Å². The summed E-state index contributed by atoms with van der Waals surface area (Å²) in [5.41, 5.74) is 1.56. The van der Waals surface area contributed by atoms with Gasteiger partial charge in [-0.2, -0.15) is 4.73 Å². The van der Waals surface area contributed by atoms with Gasteiger partial charge in [0.1, 0.15) is 11.6 Å². The predicted molar refractivity (Wildman–Crippen MR) is 94.1 cm³/mol. The molecule has 7 nitrogen and oxygen atoms in total. The smallest absolute Gasteiger partial charge is 0.328 e. The molecule has 1 aromatic heterocycles. The van der Waals surface area contributed by atoms with Crippen LogP contribution in [0.5, 0.6) is 0 Å². The van der Waals surface area contributed by atoms with E-state index in [0.29, 0.717) is 15.8 Å². The molecule has 1 unspecified atom stereocenters. The number of nitrogens with one attached hydrogen (secondary N) is 1. The Labute approximate surface area is 149 Å². The lowest BCUT2D eigenvalue weighted by Gasteiger charge is -2.16. The lowest BCUT2D eigenvalue weighted by Crippen LogP contribution is -2.44. The van der Waals surface area contributed by atoms with Gasteiger partial charge in [0.05, 0.1) is 7.11 Å². The zero-order chi connectivity index (χ0) is 18.5. The normalized spacial score (nSPS) is 11.7. The van der Waals surface area contributed by atoms with Gasteiger partial charge < -0.3 is 15.3 Å². The molecule has 0 spiro atoms. The van der Waals surface area contributed by atoms with Gasteiger partial charge >= 0.3 is 5.97 Å². The van der Waals surface area contributed by atoms with E-state index in [1.807, 2.05) is 30.3 Å². The van der Waals surface area contributed by atoms with Crippen molar-refractivity contribution in [3.05, 3.63) is 77.3 Å². The van der Waals surface area contributed by atoms with Gasteiger partial charge in [0, 0.05) is 12.5 Å². The fourth-order valence-corrected chi connectivity index (χ4v) is 2.61. The fourth-order valence-electron chi connectivity index (χ4n) is 2.61. The molecule has 2 aromatic carbocycles. The number of aromatic nitrogens is 2. The second-order valence-electron chi connectivity index (χ2n) is 5.68. The highest BCUT2D eigenvalue weighted by atomic mass is 16.5. The first-order valence-corrected chi connectivity index (χ1v) is 8.00. The lowest BCUT2D eigenvalue weighted by molar-refractivity contribution is -0.577. The third-order valence-corrected chi connectivity index (χ3v) is 3.91. The van der Waals surface area contributed by atoms with Gasteiger partial charge in [-0.15, -0.1) is 0 Å². The number of nitrogens with zero attached hydrogens (tertiary/aromatic N) is 2. The van der Waals surface area contributed by atoms with Gasteiger partial charge in [-0.1, -0.05) is 42.5 Å². The molecule has 1 heterocycles. The van der Waals surface area contributed by atoms with Crippen molar-refractivity contribution < 1.29 is 19.1 Å². The summed E-state index contributed by atoms with van der Waals surface area (Å²) < 4.78 is 5.36. The van der Waals surface area contributed by atoms with E-state index in [1.54, 1.807) is 24.3 Å². The van der Waals surface area contributed by atoms with Crippen molar-refractivity contribution in [2.75, 3.05) is 7.11 Å². The Morgan fingerprint density at radius 3 is 2.58 bits per heavy atom. The minimum atomic E-state index is -0.886. The second kappa shape index (κ2) is 7.60. The Hall–Kier alpha value is -3.48. The number of esters is 1. The summed E-state index contributed by atoms with van der Waals surface area (Å²) in [5, 5.41) is 14.7. The van der Waals surface area contributed by atoms with Crippen molar-refractivity contribution in [3.63, 3.8) is 0 Å². The van der Waals surface area contributed by atoms with Crippen LogP contribution < -0.4 is 10.0 Å². The molecule has 0 aliphatic heterocycles. The average molecular weight is 351 g/mol. The molecule has 0 saturated heterocycles. The van der Waals surface area contributed by atoms with Gasteiger partial charge in [-0.25, -0.2) is 9.78 Å². The summed E-state index contributed by atoms with van der Waals surface area (Å²) in [6.07, 6.45) is 1.36. The molecule has 1 atom stereocenters. The minimum absolute atomic E-state index is 0.0688. The van der Waals surface area contributed by atoms with Crippen molar-refractivity contribution in [1.82, 2.24) is 10.3 Å². The molecular weight excluding hydrogens is 334 g/mol. The van der Waals surface area contributed by atoms with Crippen LogP contribution in [-0.4, -0.2) is 30.0 Å². The van der Waals surface area contributed by atoms with E-state index in [1.165, 1.54) is 7.11 Å². The highest BCUT2D eigenvalue weighted by Crippen LogP contribution is 2.09. The second-order valence-corrected chi connectivity index (χ2v) is 5.68. The highest BCUT2D eigenvalue weighted by Gasteiger charge is 2.24. The zero-order valence-electron chi connectivity index (χ0n) is 14.1. The summed E-state index contributed by atoms with van der Waals surface area (Å²) >= 11 is 0. The number of hydrogen-bond acceptors (Lipinski definition) is 5. The van der Waals surface area contributed by atoms with E-state index in [4.69, 9.17) is 4.74 Å². The number of hydrogen-bond donors (Lipinski definition) is 1. The Bertz CT molecular complexity index is 944. The molecule has 0 saturated carbocycles. The first-order valence-electron chi connectivity index (χ1n) is 8.00. The van der Waals surface area contributed by atoms with E-state index in [0.717, 1.165) is 11.8 Å². The fraction of sp³-hybridized carbons (Fsp3) is 0.158. The van der Waals surface area contributed by atoms with E-state index < -0.39 is 17.9 Å². The molecule has 0 bridgehead atoms. The largest absolute Gasteiger partial charge is 0.618 e. The molecule has 0 fully saturated rings. The molecule has 0 aliphatic rings. The van der Waals surface area contributed by atoms with E-state index in [2.05, 4.69) is 10.3 Å². The van der Waals surface area contributed by atoms with Crippen molar-refractivity contribution in [3.8, 4) is 0 Å². The van der Waals surface area contributed by atoms with Crippen LogP contribution in [0.1, 0.15) is 16.1 Å². The van der Waals surface area contributed by atoms with Crippen molar-refractivity contribution in [2.45, 2.75) is 12.5 Å². The molecule has 132 valence electrons. The molecule has 3 aromatic rings. The third kappa shape index (κ3) is 3.77. The quantitative estimate of drug-likeness (QED) is 0.426. The lowest BCUT2D eigenvalue weighted by atomic mass is 10.1. The number of para-hydroxylation sites is 2. The Kier molecular flexibility index (Phi) is 5.07. The Morgan fingerprint density at radius 1 is 1.15 bits per heavy atom. The molecule has 0 radical (unpaired) electrons. The maximum atomic E-state index is 12.5. The number of carbonyl (C=O) groups excluding carboxylic acids is 2. The maximum absolute atomic E-state index is 12.5. The molecular formula is C19H17N3O4. The molecule has 1 N–H and O–H groups in total. The standard InChI is InChI=1S/C19H17N3O4/c1-26-19(24)15(11-13-7-3-2-4-8-13)21-18(23)16-12-22(25)17-10-6-5-9-14(17)20-16/h2-10,12,15H,11H2,1H3,(H,21,23). The SMILES string of the molecule is COC(=O)C(Cc1ccccc1)NC(=O)c1c[n+]([O-])c2ccccc2n1. The summed E-state index contributed by atoms with van der Waals surface area (Å²) in [5.74, 6) is -1.19. The van der Waals surface area contributed by atoms with Crippen LogP contribution in [0.4, 0.5) is 0 Å². The highest BCUT2D eigenvalue weighted by molar-refractivity contribution is 5.95. The maximum Gasteiger partial charge on any atom is 0.328 e. The van der Waals surface area contributed by atoms with Crippen molar-refractivity contribution in [1.29, 1.82) is 0 Å². The third-order valence-electron chi connectivity index (χ3n) is 3.91. The Morgan fingerprint density at radius 2 is 1.85 bits per heavy atom. The summed E-state index contributed by atoms with van der Waals surface area (Å²) in [6.45, 7) is 0. The number of methoxy groups -OCH3 is 1. The topological polar surface area (TPSA) is 95.2 Å². The van der Waals surface area contributed by atoms with E-state index >= 15 is 0 Å². The van der Waals surface area contributed by atoms with E-state index in [-0.39, 0.29) is 12.1 Å². The number of ether oxygens (including phenoxy) is 1. The minimum Gasteiger partial charge on any atom is -0.618 e. The number of benzene rings is 2. The van der Waals surface area contributed by atoms with Crippen LogP contribution in [0.3, 0.4) is 0 Å². The van der Waals surface area contributed by atoms with Gasteiger partial charge in [0.2, 0.25) is 11.7 Å². The number of rotatable bonds is 5. The van der Waals surface area contributed by atoms with Gasteiger partial charge in [0.25, 0.3) is 5.91 Å². The van der Waals surface area contributed by atoms with Crippen LogP contribution in [0.15, 0.2) is 60.8 Å². The van der Waals surface area contributed by atoms with Crippen molar-refractivity contribution >= 4 is 22.9 Å². The van der Waals surface area contributed by atoms with Crippen LogP contribution in [-0.2, 0) is 16.0 Å². The number of fused-ring (bicyclic) bond motifs is 1. The predicted octanol–water partition coefficient (Wildman–Crippen LogP) is 1.38. The molecule has 26 heavy (non-hydrogen) atoms. The van der Waals surface area contributed by atoms with Crippen LogP contribution in [0.25, 0.3) is 11.0 Å². The number of amides is 1. The van der Waals surface area contributed by atoms with Crippen LogP contribution in [0, 0.1) is 5.21 Å². The van der Waals surface area contributed by atoms with Gasteiger partial charge in [-0.3, -0.25) is 4.79 Å². The monoisotopic (exact) mass is 351 g/mol. The molecule has 7 heteroatoms. The number of carbonyl (C=O) groups is 2. The van der Waals surface area contributed by atoms with Crippen LogP contribution >= 0.6 is 0 Å².